The zero-order valence-corrected chi connectivity index (χ0v) is 19.7. The smallest absolute Gasteiger partial charge is 0.251 e. The van der Waals surface area contributed by atoms with Crippen LogP contribution in [0.25, 0.3) is 0 Å². The Morgan fingerprint density at radius 2 is 1.33 bits per heavy atom. The largest absolute Gasteiger partial charge is 0.493 e. The van der Waals surface area contributed by atoms with Crippen molar-refractivity contribution in [3.63, 3.8) is 0 Å². The van der Waals surface area contributed by atoms with E-state index >= 15 is 0 Å². The molecule has 0 spiro atoms. The third-order valence-electron chi connectivity index (χ3n) is 4.73. The van der Waals surface area contributed by atoms with Gasteiger partial charge in [0.2, 0.25) is 5.75 Å². The molecule has 2 aromatic carbocycles. The monoisotopic (exact) mass is 460 g/mol. The van der Waals surface area contributed by atoms with Crippen molar-refractivity contribution in [2.75, 3.05) is 41.1 Å². The van der Waals surface area contributed by atoms with Crippen LogP contribution in [-0.2, 0) is 16.0 Å². The molecule has 2 N–H and O–H groups in total. The molecule has 0 atom stereocenters. The van der Waals surface area contributed by atoms with Gasteiger partial charge in [0.15, 0.2) is 17.8 Å². The van der Waals surface area contributed by atoms with Gasteiger partial charge in [-0.05, 0) is 43.7 Å². The van der Waals surface area contributed by atoms with E-state index < -0.39 is 6.29 Å². The van der Waals surface area contributed by atoms with Gasteiger partial charge < -0.3 is 34.3 Å². The molecule has 0 fully saturated rings. The number of benzene rings is 2. The highest BCUT2D eigenvalue weighted by molar-refractivity contribution is 5.96. The van der Waals surface area contributed by atoms with E-state index in [1.165, 1.54) is 21.3 Å². The van der Waals surface area contributed by atoms with Gasteiger partial charge in [0.1, 0.15) is 0 Å². The summed E-state index contributed by atoms with van der Waals surface area (Å²) in [6, 6.07) is 10.1. The first kappa shape index (κ1) is 26.0. The van der Waals surface area contributed by atoms with Gasteiger partial charge in [0.05, 0.1) is 27.9 Å². The minimum Gasteiger partial charge on any atom is -0.493 e. The molecule has 0 aliphatic rings. The van der Waals surface area contributed by atoms with Crippen LogP contribution in [0.5, 0.6) is 17.2 Å². The molecule has 33 heavy (non-hydrogen) atoms. The average Bonchev–Trinajstić information content (AvgIpc) is 2.85. The summed E-state index contributed by atoms with van der Waals surface area (Å²) in [6.07, 6.45) is -0.478. The van der Waals surface area contributed by atoms with Crippen molar-refractivity contribution in [1.82, 2.24) is 10.6 Å². The molecule has 180 valence electrons. The molecule has 0 saturated carbocycles. The second-order valence-corrected chi connectivity index (χ2v) is 6.84. The van der Waals surface area contributed by atoms with Crippen molar-refractivity contribution in [2.24, 2.45) is 0 Å². The summed E-state index contributed by atoms with van der Waals surface area (Å²) in [5.74, 6) is 0.683. The lowest BCUT2D eigenvalue weighted by atomic mass is 10.1. The highest BCUT2D eigenvalue weighted by atomic mass is 16.7. The summed E-state index contributed by atoms with van der Waals surface area (Å²) in [7, 11) is 4.48. The van der Waals surface area contributed by atoms with Crippen LogP contribution in [0.4, 0.5) is 0 Å². The normalized spacial score (nSPS) is 10.6. The van der Waals surface area contributed by atoms with Crippen LogP contribution in [0.15, 0.2) is 36.4 Å². The lowest BCUT2D eigenvalue weighted by Crippen LogP contribution is -2.35. The molecule has 2 rings (SSSR count). The zero-order chi connectivity index (χ0) is 24.2. The number of carbonyl (C=O) groups is 2. The van der Waals surface area contributed by atoms with Crippen LogP contribution in [0.3, 0.4) is 0 Å². The second-order valence-electron chi connectivity index (χ2n) is 6.84. The van der Waals surface area contributed by atoms with Crippen molar-refractivity contribution >= 4 is 11.8 Å². The molecular formula is C24H32N2O7. The van der Waals surface area contributed by atoms with Crippen LogP contribution >= 0.6 is 0 Å². The van der Waals surface area contributed by atoms with E-state index in [0.717, 1.165) is 5.56 Å². The van der Waals surface area contributed by atoms with Crippen LogP contribution < -0.4 is 24.8 Å². The maximum atomic E-state index is 12.6. The summed E-state index contributed by atoms with van der Waals surface area (Å²) < 4.78 is 26.7. The lowest BCUT2D eigenvalue weighted by molar-refractivity contribution is -0.131. The van der Waals surface area contributed by atoms with Crippen molar-refractivity contribution in [3.05, 3.63) is 53.1 Å². The Hall–Kier alpha value is -3.30. The van der Waals surface area contributed by atoms with Gasteiger partial charge in [-0.3, -0.25) is 9.59 Å². The Kier molecular flexibility index (Phi) is 10.5. The summed E-state index contributed by atoms with van der Waals surface area (Å²) in [6.45, 7) is 5.27. The molecule has 0 aliphatic carbocycles. The van der Waals surface area contributed by atoms with Crippen LogP contribution in [0.2, 0.25) is 0 Å². The SMILES string of the molecule is CCOC(CNC(=O)c1ccc(CNC(=O)c2cc(OC)c(OC)c(OC)c2)cc1)OCC. The minimum absolute atomic E-state index is 0.229. The number of hydrogen-bond acceptors (Lipinski definition) is 7. The fourth-order valence-electron chi connectivity index (χ4n) is 3.09. The van der Waals surface area contributed by atoms with E-state index in [0.29, 0.717) is 41.6 Å². The van der Waals surface area contributed by atoms with Crippen molar-refractivity contribution in [3.8, 4) is 17.2 Å². The van der Waals surface area contributed by atoms with Crippen molar-refractivity contribution in [1.29, 1.82) is 0 Å². The highest BCUT2D eigenvalue weighted by Gasteiger charge is 2.17. The molecule has 9 nitrogen and oxygen atoms in total. The third kappa shape index (κ3) is 7.37. The maximum absolute atomic E-state index is 12.6. The zero-order valence-electron chi connectivity index (χ0n) is 19.7. The van der Waals surface area contributed by atoms with E-state index in [4.69, 9.17) is 23.7 Å². The van der Waals surface area contributed by atoms with Crippen molar-refractivity contribution < 1.29 is 33.3 Å². The first-order chi connectivity index (χ1) is 16.0. The minimum atomic E-state index is -0.478. The molecule has 9 heteroatoms. The Labute approximate surface area is 194 Å². The van der Waals surface area contributed by atoms with Crippen LogP contribution in [0, 0.1) is 0 Å². The summed E-state index contributed by atoms with van der Waals surface area (Å²) >= 11 is 0. The Balaban J connectivity index is 1.96. The molecule has 0 bridgehead atoms. The Morgan fingerprint density at radius 1 is 0.788 bits per heavy atom. The summed E-state index contributed by atoms with van der Waals surface area (Å²) in [5.41, 5.74) is 1.72. The third-order valence-corrected chi connectivity index (χ3v) is 4.73. The number of methoxy groups -OCH3 is 3. The molecule has 2 amide bonds. The fraction of sp³-hybridized carbons (Fsp3) is 0.417. The van der Waals surface area contributed by atoms with Gasteiger partial charge in [-0.25, -0.2) is 0 Å². The molecule has 0 unspecified atom stereocenters. The van der Waals surface area contributed by atoms with Gasteiger partial charge in [-0.15, -0.1) is 0 Å². The number of carbonyl (C=O) groups excluding carboxylic acids is 2. The number of amides is 2. The average molecular weight is 461 g/mol. The number of rotatable bonds is 13. The van der Waals surface area contributed by atoms with Gasteiger partial charge in [-0.2, -0.15) is 0 Å². The van der Waals surface area contributed by atoms with Crippen LogP contribution in [0.1, 0.15) is 40.1 Å². The summed E-state index contributed by atoms with van der Waals surface area (Å²) in [4.78, 5) is 25.0. The standard InChI is InChI=1S/C24H32N2O7/c1-6-32-21(33-7-2)15-26-23(27)17-10-8-16(9-11-17)14-25-24(28)18-12-19(29-3)22(31-5)20(13-18)30-4/h8-13,21H,6-7,14-15H2,1-5H3,(H,25,28)(H,26,27). The first-order valence-corrected chi connectivity index (χ1v) is 10.7. The highest BCUT2D eigenvalue weighted by Crippen LogP contribution is 2.38. The molecular weight excluding hydrogens is 428 g/mol. The molecule has 0 aliphatic heterocycles. The van der Waals surface area contributed by atoms with Crippen LogP contribution in [-0.4, -0.2) is 59.2 Å². The van der Waals surface area contributed by atoms with Gasteiger partial charge in [0, 0.05) is 30.9 Å². The molecule has 0 heterocycles. The van der Waals surface area contributed by atoms with E-state index in [1.807, 2.05) is 13.8 Å². The Bertz CT molecular complexity index is 885. The van der Waals surface area contributed by atoms with Gasteiger partial charge in [-0.1, -0.05) is 12.1 Å². The van der Waals surface area contributed by atoms with Crippen molar-refractivity contribution in [2.45, 2.75) is 26.7 Å². The quantitative estimate of drug-likeness (QED) is 0.443. The Morgan fingerprint density at radius 3 is 1.82 bits per heavy atom. The first-order valence-electron chi connectivity index (χ1n) is 10.7. The lowest BCUT2D eigenvalue weighted by Gasteiger charge is -2.17. The van der Waals surface area contributed by atoms with E-state index in [2.05, 4.69) is 10.6 Å². The molecule has 2 aromatic rings. The molecule has 0 saturated heterocycles. The van der Waals surface area contributed by atoms with E-state index in [-0.39, 0.29) is 24.9 Å². The van der Waals surface area contributed by atoms with E-state index in [9.17, 15) is 9.59 Å². The maximum Gasteiger partial charge on any atom is 0.251 e. The predicted molar refractivity (Wildman–Crippen MR) is 123 cm³/mol. The van der Waals surface area contributed by atoms with E-state index in [1.54, 1.807) is 36.4 Å². The van der Waals surface area contributed by atoms with Gasteiger partial charge >= 0.3 is 0 Å². The number of ether oxygens (including phenoxy) is 5. The molecule has 0 aromatic heterocycles. The van der Waals surface area contributed by atoms with Gasteiger partial charge in [0.25, 0.3) is 11.8 Å². The number of nitrogens with one attached hydrogen (secondary N) is 2. The second kappa shape index (κ2) is 13.3. The fourth-order valence-corrected chi connectivity index (χ4v) is 3.09. The number of hydrogen-bond donors (Lipinski definition) is 2. The predicted octanol–water partition coefficient (Wildman–Crippen LogP) is 2.77. The topological polar surface area (TPSA) is 104 Å². The molecule has 0 radical (unpaired) electrons. The summed E-state index contributed by atoms with van der Waals surface area (Å²) in [5, 5.41) is 5.65.